The van der Waals surface area contributed by atoms with Gasteiger partial charge in [0.15, 0.2) is 11.6 Å². The van der Waals surface area contributed by atoms with Crippen LogP contribution in [-0.4, -0.2) is 36.9 Å². The molecule has 5 aromatic rings. The van der Waals surface area contributed by atoms with Crippen molar-refractivity contribution in [3.63, 3.8) is 0 Å². The lowest BCUT2D eigenvalue weighted by molar-refractivity contribution is -0.185. The van der Waals surface area contributed by atoms with E-state index in [9.17, 15) is 14.3 Å². The minimum absolute atomic E-state index is 0.00649. The van der Waals surface area contributed by atoms with E-state index in [2.05, 4.69) is 18.7 Å². The summed E-state index contributed by atoms with van der Waals surface area (Å²) in [5.41, 5.74) is 4.47. The quantitative estimate of drug-likeness (QED) is 0.358. The Morgan fingerprint density at radius 3 is 2.56 bits per heavy atom. The van der Waals surface area contributed by atoms with Crippen LogP contribution in [0.1, 0.15) is 16.7 Å². The number of hydrogen-bond acceptors (Lipinski definition) is 9. The van der Waals surface area contributed by atoms with Gasteiger partial charge in [0.2, 0.25) is 0 Å². The third-order valence-electron chi connectivity index (χ3n) is 6.16. The van der Waals surface area contributed by atoms with Crippen LogP contribution in [0, 0.1) is 5.82 Å². The van der Waals surface area contributed by atoms with Gasteiger partial charge in [0.25, 0.3) is 5.79 Å². The van der Waals surface area contributed by atoms with E-state index in [4.69, 9.17) is 9.47 Å². The van der Waals surface area contributed by atoms with Crippen molar-refractivity contribution in [2.24, 2.45) is 0 Å². The van der Waals surface area contributed by atoms with Crippen LogP contribution >= 0.6 is 11.7 Å². The zero-order valence-corrected chi connectivity index (χ0v) is 19.6. The third kappa shape index (κ3) is 3.58. The molecule has 1 aliphatic rings. The summed E-state index contributed by atoms with van der Waals surface area (Å²) < 4.78 is 33.7. The molecule has 0 fully saturated rings. The number of fused-ring (bicyclic) bond motifs is 2. The van der Waals surface area contributed by atoms with E-state index >= 15 is 0 Å². The number of carbonyl (C=O) groups is 1. The Hall–Kier alpha value is -4.28. The fourth-order valence-corrected chi connectivity index (χ4v) is 4.93. The Balaban J connectivity index is 1.54. The molecular weight excluding hydrogens is 483 g/mol. The van der Waals surface area contributed by atoms with Gasteiger partial charge in [0.05, 0.1) is 35.4 Å². The highest BCUT2D eigenvalue weighted by Gasteiger charge is 2.48. The molecule has 1 unspecified atom stereocenters. The number of halogens is 1. The molecule has 0 saturated heterocycles. The number of cyclic esters (lactones) is 1. The predicted molar refractivity (Wildman–Crippen MR) is 131 cm³/mol. The third-order valence-corrected chi connectivity index (χ3v) is 6.71. The van der Waals surface area contributed by atoms with E-state index in [1.165, 1.54) is 19.2 Å². The molecule has 0 spiro atoms. The van der Waals surface area contributed by atoms with Crippen molar-refractivity contribution in [1.82, 2.24) is 18.7 Å². The standard InChI is InChI=1S/C26H17FN4O4S/c1-34-23-7-4-16(13-18(23)27)26(33)17(10-14-2-5-19-21(11-14)29-9-8-28-19)24(25(32)35-26)15-3-6-20-22(12-15)31-36-30-20/h2-9,11-13,33H,10H2,1H3. The first kappa shape index (κ1) is 22.2. The average molecular weight is 501 g/mol. The van der Waals surface area contributed by atoms with Gasteiger partial charge in [0, 0.05) is 30.0 Å². The molecule has 1 aliphatic heterocycles. The minimum atomic E-state index is -2.20. The van der Waals surface area contributed by atoms with Crippen LogP contribution in [0.2, 0.25) is 0 Å². The van der Waals surface area contributed by atoms with Crippen molar-refractivity contribution in [3.05, 3.63) is 95.1 Å². The van der Waals surface area contributed by atoms with Crippen LogP contribution in [-0.2, 0) is 21.7 Å². The van der Waals surface area contributed by atoms with E-state index < -0.39 is 17.6 Å². The summed E-state index contributed by atoms with van der Waals surface area (Å²) in [5, 5.41) is 11.8. The number of esters is 1. The van der Waals surface area contributed by atoms with Gasteiger partial charge >= 0.3 is 5.97 Å². The van der Waals surface area contributed by atoms with Crippen molar-refractivity contribution in [2.45, 2.75) is 12.2 Å². The van der Waals surface area contributed by atoms with Gasteiger partial charge in [-0.15, -0.1) is 0 Å². The van der Waals surface area contributed by atoms with Crippen LogP contribution < -0.4 is 4.74 Å². The zero-order chi connectivity index (χ0) is 24.9. The second-order valence-corrected chi connectivity index (χ2v) is 8.79. The van der Waals surface area contributed by atoms with Crippen LogP contribution in [0.4, 0.5) is 4.39 Å². The average Bonchev–Trinajstić information content (AvgIpc) is 3.45. The topological polar surface area (TPSA) is 107 Å². The van der Waals surface area contributed by atoms with Gasteiger partial charge < -0.3 is 14.6 Å². The lowest BCUT2D eigenvalue weighted by Crippen LogP contribution is -2.30. The largest absolute Gasteiger partial charge is 0.494 e. The highest BCUT2D eigenvalue weighted by molar-refractivity contribution is 7.00. The summed E-state index contributed by atoms with van der Waals surface area (Å²) in [6, 6.07) is 14.6. The van der Waals surface area contributed by atoms with Crippen LogP contribution in [0.25, 0.3) is 27.6 Å². The molecule has 3 aromatic carbocycles. The Labute approximate surface area is 208 Å². The van der Waals surface area contributed by atoms with Gasteiger partial charge in [-0.3, -0.25) is 9.97 Å². The summed E-state index contributed by atoms with van der Waals surface area (Å²) in [7, 11) is 1.35. The SMILES string of the molecule is COc1ccc(C2(O)OC(=O)C(c3ccc4nsnc4c3)=C2Cc2ccc3nccnc3c2)cc1F. The van der Waals surface area contributed by atoms with Crippen LogP contribution in [0.15, 0.2) is 72.6 Å². The summed E-state index contributed by atoms with van der Waals surface area (Å²) in [5.74, 6) is -3.62. The van der Waals surface area contributed by atoms with Gasteiger partial charge in [0.1, 0.15) is 11.0 Å². The Morgan fingerprint density at radius 1 is 0.972 bits per heavy atom. The number of aliphatic hydroxyl groups is 1. The van der Waals surface area contributed by atoms with E-state index in [0.717, 1.165) is 23.4 Å². The molecule has 1 N–H and O–H groups in total. The maximum atomic E-state index is 14.6. The highest BCUT2D eigenvalue weighted by atomic mass is 32.1. The molecule has 8 nitrogen and oxygen atoms in total. The molecule has 36 heavy (non-hydrogen) atoms. The maximum absolute atomic E-state index is 14.6. The lowest BCUT2D eigenvalue weighted by atomic mass is 9.88. The summed E-state index contributed by atoms with van der Waals surface area (Å²) in [6.07, 6.45) is 3.32. The van der Waals surface area contributed by atoms with Crippen molar-refractivity contribution < 1.29 is 23.8 Å². The number of benzene rings is 3. The Morgan fingerprint density at radius 2 is 1.75 bits per heavy atom. The predicted octanol–water partition coefficient (Wildman–Crippen LogP) is 4.18. The van der Waals surface area contributed by atoms with Crippen molar-refractivity contribution in [3.8, 4) is 5.75 Å². The molecule has 0 saturated carbocycles. The monoisotopic (exact) mass is 500 g/mol. The number of aromatic nitrogens is 4. The molecule has 10 heteroatoms. The molecule has 0 amide bonds. The molecule has 3 heterocycles. The first-order valence-electron chi connectivity index (χ1n) is 10.9. The number of methoxy groups -OCH3 is 1. The van der Waals surface area contributed by atoms with E-state index in [1.807, 2.05) is 18.2 Å². The maximum Gasteiger partial charge on any atom is 0.342 e. The number of nitrogens with zero attached hydrogens (tertiary/aromatic N) is 4. The number of rotatable bonds is 5. The second kappa shape index (κ2) is 8.43. The summed E-state index contributed by atoms with van der Waals surface area (Å²) >= 11 is 1.06. The normalized spacial score (nSPS) is 17.7. The highest BCUT2D eigenvalue weighted by Crippen LogP contribution is 2.45. The number of carbonyl (C=O) groups excluding carboxylic acids is 1. The summed E-state index contributed by atoms with van der Waals surface area (Å²) in [4.78, 5) is 21.9. The van der Waals surface area contributed by atoms with Crippen molar-refractivity contribution in [2.75, 3.05) is 7.11 Å². The Kier molecular flexibility index (Phi) is 5.20. The smallest absolute Gasteiger partial charge is 0.342 e. The molecule has 2 aromatic heterocycles. The fourth-order valence-electron chi connectivity index (χ4n) is 4.41. The van der Waals surface area contributed by atoms with E-state index in [-0.39, 0.29) is 28.9 Å². The van der Waals surface area contributed by atoms with Gasteiger partial charge in [-0.1, -0.05) is 12.1 Å². The Bertz CT molecular complexity index is 1700. The van der Waals surface area contributed by atoms with E-state index in [1.54, 1.807) is 30.6 Å². The number of ether oxygens (including phenoxy) is 2. The molecule has 178 valence electrons. The van der Waals surface area contributed by atoms with Crippen LogP contribution in [0.3, 0.4) is 0 Å². The first-order chi connectivity index (χ1) is 17.5. The molecular formula is C26H17FN4O4S. The summed E-state index contributed by atoms with van der Waals surface area (Å²) in [6.45, 7) is 0. The van der Waals surface area contributed by atoms with Crippen molar-refractivity contribution >= 4 is 45.3 Å². The molecule has 6 rings (SSSR count). The fraction of sp³-hybridized carbons (Fsp3) is 0.115. The van der Waals surface area contributed by atoms with Gasteiger partial charge in [-0.2, -0.15) is 8.75 Å². The zero-order valence-electron chi connectivity index (χ0n) is 18.8. The molecule has 0 aliphatic carbocycles. The second-order valence-electron chi connectivity index (χ2n) is 8.26. The molecule has 0 radical (unpaired) electrons. The molecule has 1 atom stereocenters. The first-order valence-corrected chi connectivity index (χ1v) is 11.6. The lowest BCUT2D eigenvalue weighted by Gasteiger charge is -2.26. The van der Waals surface area contributed by atoms with Gasteiger partial charge in [-0.05, 0) is 53.6 Å². The number of hydrogen-bond donors (Lipinski definition) is 1. The molecule has 0 bridgehead atoms. The minimum Gasteiger partial charge on any atom is -0.494 e. The van der Waals surface area contributed by atoms with E-state index in [0.29, 0.717) is 27.6 Å². The van der Waals surface area contributed by atoms with Crippen molar-refractivity contribution in [1.29, 1.82) is 0 Å². The van der Waals surface area contributed by atoms with Crippen LogP contribution in [0.5, 0.6) is 5.75 Å². The van der Waals surface area contributed by atoms with Gasteiger partial charge in [-0.25, -0.2) is 9.18 Å².